The van der Waals surface area contributed by atoms with E-state index in [1.807, 2.05) is 0 Å². The third-order valence-electron chi connectivity index (χ3n) is 2.49. The number of aryl methyl sites for hydroxylation is 1. The van der Waals surface area contributed by atoms with E-state index in [2.05, 4.69) is 10.1 Å². The topological polar surface area (TPSA) is 99.8 Å². The number of carbonyl (C=O) groups excluding carboxylic acids is 1. The lowest BCUT2D eigenvalue weighted by Crippen LogP contribution is -2.22. The van der Waals surface area contributed by atoms with Crippen molar-refractivity contribution in [1.82, 2.24) is 14.8 Å². The van der Waals surface area contributed by atoms with E-state index >= 15 is 0 Å². The molecule has 1 unspecified atom stereocenters. The zero-order valence-electron chi connectivity index (χ0n) is 9.37. The fraction of sp³-hybridized carbons (Fsp3) is 0.182. The summed E-state index contributed by atoms with van der Waals surface area (Å²) in [5.74, 6) is -0.261. The molecule has 88 valence electrons. The van der Waals surface area contributed by atoms with Gasteiger partial charge in [0.15, 0.2) is 5.78 Å². The van der Waals surface area contributed by atoms with E-state index < -0.39 is 6.04 Å². The number of pyridine rings is 1. The first kappa shape index (κ1) is 11.3. The number of aromatic nitrogens is 3. The monoisotopic (exact) mass is 231 g/mol. The number of anilines is 1. The average Bonchev–Trinajstić information content (AvgIpc) is 2.75. The molecule has 0 aliphatic carbocycles. The predicted molar refractivity (Wildman–Crippen MR) is 63.1 cm³/mol. The Labute approximate surface area is 98.3 Å². The minimum Gasteiger partial charge on any atom is -0.398 e. The molecule has 0 aliphatic rings. The van der Waals surface area contributed by atoms with Crippen LogP contribution in [0, 0.1) is 0 Å². The summed E-state index contributed by atoms with van der Waals surface area (Å²) in [6.45, 7) is 0. The molecule has 0 aromatic carbocycles. The summed E-state index contributed by atoms with van der Waals surface area (Å²) in [6.07, 6.45) is 6.22. The molecular weight excluding hydrogens is 218 g/mol. The second-order valence-electron chi connectivity index (χ2n) is 3.75. The third-order valence-corrected chi connectivity index (χ3v) is 2.49. The van der Waals surface area contributed by atoms with Crippen molar-refractivity contribution in [1.29, 1.82) is 0 Å². The van der Waals surface area contributed by atoms with Crippen molar-refractivity contribution in [2.75, 3.05) is 5.73 Å². The lowest BCUT2D eigenvalue weighted by molar-refractivity contribution is 0.0962. The zero-order chi connectivity index (χ0) is 12.4. The normalized spacial score (nSPS) is 12.4. The van der Waals surface area contributed by atoms with Gasteiger partial charge in [0.2, 0.25) is 0 Å². The Balaban J connectivity index is 2.30. The van der Waals surface area contributed by atoms with E-state index in [0.29, 0.717) is 16.8 Å². The van der Waals surface area contributed by atoms with Crippen LogP contribution in [-0.4, -0.2) is 20.5 Å². The van der Waals surface area contributed by atoms with Crippen molar-refractivity contribution >= 4 is 11.5 Å². The number of Topliss-reactive ketones (excluding diaryl/α,β-unsaturated/α-hetero) is 1. The van der Waals surface area contributed by atoms with Gasteiger partial charge in [0, 0.05) is 36.9 Å². The van der Waals surface area contributed by atoms with E-state index in [4.69, 9.17) is 11.5 Å². The number of hydrogen-bond donors (Lipinski definition) is 2. The number of nitrogens with zero attached hydrogens (tertiary/aromatic N) is 3. The molecule has 2 rings (SSSR count). The molecule has 2 aromatic rings. The fourth-order valence-corrected chi connectivity index (χ4v) is 1.53. The van der Waals surface area contributed by atoms with Gasteiger partial charge in [-0.15, -0.1) is 0 Å². The van der Waals surface area contributed by atoms with Gasteiger partial charge in [0.25, 0.3) is 0 Å². The summed E-state index contributed by atoms with van der Waals surface area (Å²) in [5.41, 5.74) is 12.9. The van der Waals surface area contributed by atoms with Crippen LogP contribution in [0.5, 0.6) is 0 Å². The Hall–Kier alpha value is -2.21. The second-order valence-corrected chi connectivity index (χ2v) is 3.75. The molecule has 6 nitrogen and oxygen atoms in total. The Morgan fingerprint density at radius 2 is 2.24 bits per heavy atom. The van der Waals surface area contributed by atoms with Crippen LogP contribution in [0.1, 0.15) is 22.0 Å². The molecule has 0 aliphatic heterocycles. The summed E-state index contributed by atoms with van der Waals surface area (Å²) < 4.78 is 1.59. The van der Waals surface area contributed by atoms with Gasteiger partial charge in [0.05, 0.1) is 17.8 Å². The van der Waals surface area contributed by atoms with Gasteiger partial charge < -0.3 is 11.5 Å². The minimum atomic E-state index is -0.768. The van der Waals surface area contributed by atoms with Gasteiger partial charge in [-0.2, -0.15) is 5.10 Å². The highest BCUT2D eigenvalue weighted by molar-refractivity contribution is 6.04. The Morgan fingerprint density at radius 1 is 1.47 bits per heavy atom. The van der Waals surface area contributed by atoms with Gasteiger partial charge in [0.1, 0.15) is 0 Å². The molecule has 0 fully saturated rings. The fourth-order valence-electron chi connectivity index (χ4n) is 1.53. The molecule has 17 heavy (non-hydrogen) atoms. The van der Waals surface area contributed by atoms with Crippen molar-refractivity contribution in [2.24, 2.45) is 12.8 Å². The van der Waals surface area contributed by atoms with Crippen LogP contribution < -0.4 is 11.5 Å². The SMILES string of the molecule is Cn1cc(C(N)C(=O)c2cnccc2N)cn1. The average molecular weight is 231 g/mol. The molecule has 0 radical (unpaired) electrons. The minimum absolute atomic E-state index is 0.261. The third kappa shape index (κ3) is 2.16. The number of hydrogen-bond acceptors (Lipinski definition) is 5. The van der Waals surface area contributed by atoms with Gasteiger partial charge >= 0.3 is 0 Å². The van der Waals surface area contributed by atoms with Crippen LogP contribution in [0.4, 0.5) is 5.69 Å². The highest BCUT2D eigenvalue weighted by Crippen LogP contribution is 2.18. The predicted octanol–water partition coefficient (Wildman–Crippen LogP) is 0.280. The van der Waals surface area contributed by atoms with Crippen LogP contribution in [0.25, 0.3) is 0 Å². The maximum Gasteiger partial charge on any atom is 0.187 e. The van der Waals surface area contributed by atoms with Gasteiger partial charge in [-0.3, -0.25) is 14.5 Å². The van der Waals surface area contributed by atoms with Crippen LogP contribution in [0.15, 0.2) is 30.9 Å². The Bertz CT molecular complexity index is 548. The molecule has 4 N–H and O–H groups in total. The van der Waals surface area contributed by atoms with Crippen molar-refractivity contribution < 1.29 is 4.79 Å². The number of carbonyl (C=O) groups is 1. The molecule has 2 aromatic heterocycles. The lowest BCUT2D eigenvalue weighted by atomic mass is 10.0. The van der Waals surface area contributed by atoms with E-state index in [9.17, 15) is 4.79 Å². The number of rotatable bonds is 3. The van der Waals surface area contributed by atoms with Gasteiger partial charge in [-0.25, -0.2) is 0 Å². The van der Waals surface area contributed by atoms with E-state index in [1.54, 1.807) is 30.2 Å². The summed E-state index contributed by atoms with van der Waals surface area (Å²) in [4.78, 5) is 16.0. The van der Waals surface area contributed by atoms with E-state index in [1.165, 1.54) is 12.4 Å². The van der Waals surface area contributed by atoms with Crippen LogP contribution in [0.2, 0.25) is 0 Å². The summed E-state index contributed by atoms with van der Waals surface area (Å²) in [7, 11) is 1.76. The van der Waals surface area contributed by atoms with Crippen LogP contribution >= 0.6 is 0 Å². The van der Waals surface area contributed by atoms with Crippen molar-refractivity contribution in [3.05, 3.63) is 42.0 Å². The van der Waals surface area contributed by atoms with Crippen LogP contribution in [0.3, 0.4) is 0 Å². The Kier molecular flexibility index (Phi) is 2.88. The molecule has 2 heterocycles. The summed E-state index contributed by atoms with van der Waals surface area (Å²) >= 11 is 0. The molecule has 0 amide bonds. The maximum atomic E-state index is 12.1. The van der Waals surface area contributed by atoms with Crippen molar-refractivity contribution in [2.45, 2.75) is 6.04 Å². The van der Waals surface area contributed by atoms with E-state index in [0.717, 1.165) is 0 Å². The first-order valence-corrected chi connectivity index (χ1v) is 5.07. The molecule has 1 atom stereocenters. The molecule has 0 saturated heterocycles. The standard InChI is InChI=1S/C11H13N5O/c1-16-6-7(4-15-16)10(13)11(17)8-5-14-3-2-9(8)12/h2-6,10H,13H2,1H3,(H2,12,14). The lowest BCUT2D eigenvalue weighted by Gasteiger charge is -2.09. The maximum absolute atomic E-state index is 12.1. The smallest absolute Gasteiger partial charge is 0.187 e. The first-order chi connectivity index (χ1) is 8.09. The number of ketones is 1. The highest BCUT2D eigenvalue weighted by Gasteiger charge is 2.20. The molecule has 0 spiro atoms. The molecular formula is C11H13N5O. The first-order valence-electron chi connectivity index (χ1n) is 5.07. The van der Waals surface area contributed by atoms with Crippen molar-refractivity contribution in [3.63, 3.8) is 0 Å². The quantitative estimate of drug-likeness (QED) is 0.739. The number of nitrogen functional groups attached to an aromatic ring is 1. The van der Waals surface area contributed by atoms with Gasteiger partial charge in [-0.1, -0.05) is 0 Å². The van der Waals surface area contributed by atoms with Crippen molar-refractivity contribution in [3.8, 4) is 0 Å². The summed E-state index contributed by atoms with van der Waals surface area (Å²) in [5, 5.41) is 3.97. The Morgan fingerprint density at radius 3 is 2.82 bits per heavy atom. The van der Waals surface area contributed by atoms with Gasteiger partial charge in [-0.05, 0) is 6.07 Å². The number of nitrogens with two attached hydrogens (primary N) is 2. The summed E-state index contributed by atoms with van der Waals surface area (Å²) in [6, 6.07) is 0.804. The largest absolute Gasteiger partial charge is 0.398 e. The zero-order valence-corrected chi connectivity index (χ0v) is 9.37. The molecule has 0 saturated carbocycles. The van der Waals surface area contributed by atoms with E-state index in [-0.39, 0.29) is 5.78 Å². The molecule has 0 bridgehead atoms. The second kappa shape index (κ2) is 4.34. The highest BCUT2D eigenvalue weighted by atomic mass is 16.1. The van der Waals surface area contributed by atoms with Crippen LogP contribution in [-0.2, 0) is 7.05 Å². The molecule has 6 heteroatoms.